The lowest BCUT2D eigenvalue weighted by molar-refractivity contribution is 0.0692. The van der Waals surface area contributed by atoms with Gasteiger partial charge in [-0.3, -0.25) is 4.98 Å². The average Bonchev–Trinajstić information content (AvgIpc) is 2.86. The number of carbonyl (C=O) groups is 1. The lowest BCUT2D eigenvalue weighted by Crippen LogP contribution is -2.03. The number of carboxylic acids is 1. The van der Waals surface area contributed by atoms with Crippen LogP contribution in [0.3, 0.4) is 0 Å². The molecule has 0 saturated carbocycles. The number of hydrogen-bond donors (Lipinski definition) is 1. The summed E-state index contributed by atoms with van der Waals surface area (Å²) in [6, 6.07) is 5.64. The van der Waals surface area contributed by atoms with E-state index in [0.717, 1.165) is 10.6 Å². The van der Waals surface area contributed by atoms with Crippen molar-refractivity contribution in [2.45, 2.75) is 6.43 Å². The summed E-state index contributed by atoms with van der Waals surface area (Å²) >= 11 is 0. The van der Waals surface area contributed by atoms with E-state index >= 15 is 0 Å². The van der Waals surface area contributed by atoms with Crippen molar-refractivity contribution < 1.29 is 18.7 Å². The van der Waals surface area contributed by atoms with Crippen LogP contribution in [0.4, 0.5) is 8.78 Å². The number of hydrogen-bond acceptors (Lipinski definition) is 4. The van der Waals surface area contributed by atoms with Crippen LogP contribution >= 0.6 is 0 Å². The van der Waals surface area contributed by atoms with Gasteiger partial charge < -0.3 is 5.11 Å². The maximum atomic E-state index is 12.8. The first-order chi connectivity index (χ1) is 10.1. The molecular formula is C13H8F2N4O2. The highest BCUT2D eigenvalue weighted by molar-refractivity contribution is 5.94. The summed E-state index contributed by atoms with van der Waals surface area (Å²) in [6.07, 6.45) is 0.185. The molecule has 0 atom stereocenters. The Morgan fingerprint density at radius 3 is 2.71 bits per heavy atom. The number of halogens is 2. The van der Waals surface area contributed by atoms with Gasteiger partial charge in [0.05, 0.1) is 0 Å². The molecule has 3 rings (SSSR count). The number of aromatic nitrogens is 4. The number of imidazole rings is 1. The minimum atomic E-state index is -2.76. The molecule has 0 spiro atoms. The molecule has 0 aliphatic carbocycles. The summed E-state index contributed by atoms with van der Waals surface area (Å²) in [6.45, 7) is 0. The van der Waals surface area contributed by atoms with Gasteiger partial charge in [-0.1, -0.05) is 0 Å². The van der Waals surface area contributed by atoms with Crippen molar-refractivity contribution in [1.29, 1.82) is 0 Å². The number of carboxylic acid groups (broad SMARTS) is 1. The molecule has 0 unspecified atom stereocenters. The highest BCUT2D eigenvalue weighted by Gasteiger charge is 2.22. The van der Waals surface area contributed by atoms with Gasteiger partial charge in [-0.2, -0.15) is 5.10 Å². The van der Waals surface area contributed by atoms with Crippen molar-refractivity contribution in [2.75, 3.05) is 0 Å². The first kappa shape index (κ1) is 13.1. The molecule has 0 fully saturated rings. The van der Waals surface area contributed by atoms with Crippen LogP contribution in [0.15, 0.2) is 36.7 Å². The molecule has 3 heterocycles. The highest BCUT2D eigenvalue weighted by atomic mass is 19.3. The van der Waals surface area contributed by atoms with Crippen molar-refractivity contribution in [2.24, 2.45) is 0 Å². The van der Waals surface area contributed by atoms with Crippen LogP contribution in [-0.4, -0.2) is 30.7 Å². The van der Waals surface area contributed by atoms with E-state index in [-0.39, 0.29) is 17.0 Å². The van der Waals surface area contributed by atoms with E-state index in [1.54, 1.807) is 12.1 Å². The predicted molar refractivity (Wildman–Crippen MR) is 68.1 cm³/mol. The van der Waals surface area contributed by atoms with Crippen molar-refractivity contribution in [1.82, 2.24) is 19.6 Å². The molecule has 0 radical (unpaired) electrons. The molecule has 3 aromatic heterocycles. The number of alkyl halides is 2. The first-order valence-electron chi connectivity index (χ1n) is 5.89. The quantitative estimate of drug-likeness (QED) is 0.801. The largest absolute Gasteiger partial charge is 0.476 e. The Kier molecular flexibility index (Phi) is 3.05. The van der Waals surface area contributed by atoms with Crippen molar-refractivity contribution >= 4 is 11.6 Å². The van der Waals surface area contributed by atoms with Gasteiger partial charge in [0.1, 0.15) is 11.4 Å². The summed E-state index contributed by atoms with van der Waals surface area (Å²) in [5.41, 5.74) is 0.00830. The van der Waals surface area contributed by atoms with Gasteiger partial charge in [0.15, 0.2) is 11.3 Å². The summed E-state index contributed by atoms with van der Waals surface area (Å²) in [7, 11) is 0. The predicted octanol–water partition coefficient (Wildman–Crippen LogP) is 2.43. The van der Waals surface area contributed by atoms with Crippen LogP contribution < -0.4 is 0 Å². The Bertz CT molecular complexity index is 818. The molecular weight excluding hydrogens is 282 g/mol. The summed E-state index contributed by atoms with van der Waals surface area (Å²) in [5.74, 6) is -1.27. The lowest BCUT2D eigenvalue weighted by atomic mass is 10.2. The highest BCUT2D eigenvalue weighted by Crippen LogP contribution is 2.25. The lowest BCUT2D eigenvalue weighted by Gasteiger charge is -2.04. The van der Waals surface area contributed by atoms with E-state index in [1.165, 1.54) is 18.5 Å². The number of pyridine rings is 1. The standard InChI is InChI=1S/C13H8F2N4O2/c14-12(15)8-3-4-9-17-10(13(20)21)11(19(9)18-8)7-2-1-5-16-6-7/h1-6,12H,(H,20,21). The van der Waals surface area contributed by atoms with E-state index in [4.69, 9.17) is 0 Å². The van der Waals surface area contributed by atoms with E-state index < -0.39 is 18.1 Å². The monoisotopic (exact) mass is 290 g/mol. The molecule has 1 N–H and O–H groups in total. The smallest absolute Gasteiger partial charge is 0.356 e. The first-order valence-corrected chi connectivity index (χ1v) is 5.89. The van der Waals surface area contributed by atoms with Gasteiger partial charge in [-0.15, -0.1) is 0 Å². The van der Waals surface area contributed by atoms with Crippen LogP contribution in [0.5, 0.6) is 0 Å². The molecule has 0 aliphatic rings. The maximum absolute atomic E-state index is 12.8. The Morgan fingerprint density at radius 2 is 2.10 bits per heavy atom. The van der Waals surface area contributed by atoms with E-state index in [1.807, 2.05) is 0 Å². The van der Waals surface area contributed by atoms with Gasteiger partial charge in [-0.25, -0.2) is 23.1 Å². The Hall–Kier alpha value is -2.90. The molecule has 0 bridgehead atoms. The normalized spacial score (nSPS) is 11.2. The number of aromatic carboxylic acids is 1. The minimum Gasteiger partial charge on any atom is -0.476 e. The van der Waals surface area contributed by atoms with E-state index in [2.05, 4.69) is 15.1 Å². The second kappa shape index (κ2) is 4.89. The fraction of sp³-hybridized carbons (Fsp3) is 0.0769. The third-order valence-corrected chi connectivity index (χ3v) is 2.86. The second-order valence-electron chi connectivity index (χ2n) is 4.18. The molecule has 0 aromatic carbocycles. The van der Waals surface area contributed by atoms with Crippen LogP contribution in [0, 0.1) is 0 Å². The topological polar surface area (TPSA) is 80.4 Å². The zero-order chi connectivity index (χ0) is 15.0. The molecule has 21 heavy (non-hydrogen) atoms. The molecule has 3 aromatic rings. The SMILES string of the molecule is O=C(O)c1nc2ccc(C(F)F)nn2c1-c1cccnc1. The van der Waals surface area contributed by atoms with E-state index in [9.17, 15) is 18.7 Å². The van der Waals surface area contributed by atoms with Crippen molar-refractivity contribution in [3.63, 3.8) is 0 Å². The van der Waals surface area contributed by atoms with Crippen LogP contribution in [0.1, 0.15) is 22.6 Å². The summed E-state index contributed by atoms with van der Waals surface area (Å²) in [4.78, 5) is 19.1. The average molecular weight is 290 g/mol. The number of fused-ring (bicyclic) bond motifs is 1. The molecule has 8 heteroatoms. The summed E-state index contributed by atoms with van der Waals surface area (Å²) < 4.78 is 26.6. The Labute approximate surface area is 116 Å². The van der Waals surface area contributed by atoms with Crippen LogP contribution in [0.25, 0.3) is 16.9 Å². The van der Waals surface area contributed by atoms with Crippen LogP contribution in [-0.2, 0) is 0 Å². The molecule has 0 aliphatic heterocycles. The van der Waals surface area contributed by atoms with Crippen molar-refractivity contribution in [3.05, 3.63) is 48.0 Å². The fourth-order valence-corrected chi connectivity index (χ4v) is 1.97. The van der Waals surface area contributed by atoms with Gasteiger partial charge in [0.25, 0.3) is 6.43 Å². The van der Waals surface area contributed by atoms with Gasteiger partial charge in [0, 0.05) is 18.0 Å². The molecule has 6 nitrogen and oxygen atoms in total. The third-order valence-electron chi connectivity index (χ3n) is 2.86. The van der Waals surface area contributed by atoms with Crippen LogP contribution in [0.2, 0.25) is 0 Å². The van der Waals surface area contributed by atoms with Gasteiger partial charge >= 0.3 is 5.97 Å². The molecule has 106 valence electrons. The zero-order valence-electron chi connectivity index (χ0n) is 10.4. The number of rotatable bonds is 3. The number of nitrogens with zero attached hydrogens (tertiary/aromatic N) is 4. The fourth-order valence-electron chi connectivity index (χ4n) is 1.97. The minimum absolute atomic E-state index is 0.119. The van der Waals surface area contributed by atoms with E-state index in [0.29, 0.717) is 5.56 Å². The summed E-state index contributed by atoms with van der Waals surface area (Å²) in [5, 5.41) is 13.0. The van der Waals surface area contributed by atoms with Gasteiger partial charge in [-0.05, 0) is 24.3 Å². The van der Waals surface area contributed by atoms with Crippen molar-refractivity contribution in [3.8, 4) is 11.3 Å². The molecule has 0 saturated heterocycles. The third kappa shape index (κ3) is 2.20. The Morgan fingerprint density at radius 1 is 1.29 bits per heavy atom. The Balaban J connectivity index is 2.35. The molecule has 0 amide bonds. The second-order valence-corrected chi connectivity index (χ2v) is 4.18. The van der Waals surface area contributed by atoms with Gasteiger partial charge in [0.2, 0.25) is 0 Å². The maximum Gasteiger partial charge on any atom is 0.356 e. The zero-order valence-corrected chi connectivity index (χ0v) is 10.4.